The van der Waals surface area contributed by atoms with Gasteiger partial charge < -0.3 is 4.90 Å². The third kappa shape index (κ3) is 1.55. The van der Waals surface area contributed by atoms with Crippen LogP contribution < -0.4 is 5.32 Å². The van der Waals surface area contributed by atoms with Crippen molar-refractivity contribution in [1.82, 2.24) is 15.2 Å². The molecule has 2 fully saturated rings. The number of hydrogen-bond donors (Lipinski definition) is 1. The zero-order chi connectivity index (χ0) is 11.9. The van der Waals surface area contributed by atoms with Gasteiger partial charge in [-0.25, -0.2) is 4.79 Å². The van der Waals surface area contributed by atoms with Crippen LogP contribution in [0.1, 0.15) is 30.6 Å². The molecular formula is C11H13N3O2S. The molecule has 0 unspecified atom stereocenters. The Labute approximate surface area is 103 Å². The Hall–Kier alpha value is -1.43. The highest BCUT2D eigenvalue weighted by Gasteiger charge is 2.53. The molecule has 2 aliphatic rings. The molecule has 0 aromatic carbocycles. The summed E-state index contributed by atoms with van der Waals surface area (Å²) >= 11 is 1.51. The fourth-order valence-corrected chi connectivity index (χ4v) is 3.34. The minimum Gasteiger partial charge on any atom is -0.305 e. The highest BCUT2D eigenvalue weighted by Crippen LogP contribution is 2.39. The van der Waals surface area contributed by atoms with E-state index in [0.29, 0.717) is 6.54 Å². The molecule has 2 heterocycles. The maximum absolute atomic E-state index is 12.0. The van der Waals surface area contributed by atoms with Gasteiger partial charge in [0.1, 0.15) is 5.54 Å². The van der Waals surface area contributed by atoms with E-state index in [-0.39, 0.29) is 11.9 Å². The van der Waals surface area contributed by atoms with Crippen LogP contribution in [0.25, 0.3) is 0 Å². The Morgan fingerprint density at radius 2 is 2.18 bits per heavy atom. The van der Waals surface area contributed by atoms with Crippen molar-refractivity contribution in [1.29, 1.82) is 0 Å². The van der Waals surface area contributed by atoms with Crippen LogP contribution in [0.2, 0.25) is 0 Å². The summed E-state index contributed by atoms with van der Waals surface area (Å²) in [6.07, 6.45) is 5.34. The maximum Gasteiger partial charge on any atom is 0.325 e. The molecule has 1 aromatic rings. The van der Waals surface area contributed by atoms with Crippen LogP contribution >= 0.6 is 11.3 Å². The molecule has 1 saturated carbocycles. The number of imide groups is 1. The first-order chi connectivity index (χ1) is 8.22. The third-order valence-electron chi connectivity index (χ3n) is 3.63. The predicted molar refractivity (Wildman–Crippen MR) is 62.4 cm³/mol. The summed E-state index contributed by atoms with van der Waals surface area (Å²) in [6.45, 7) is 0.488. The molecular weight excluding hydrogens is 238 g/mol. The second-order valence-electron chi connectivity index (χ2n) is 4.55. The molecule has 17 heavy (non-hydrogen) atoms. The van der Waals surface area contributed by atoms with E-state index in [9.17, 15) is 9.59 Å². The number of carbonyl (C=O) groups excluding carboxylic acids is 2. The summed E-state index contributed by atoms with van der Waals surface area (Å²) in [5, 5.41) is 2.44. The molecule has 0 radical (unpaired) electrons. The van der Waals surface area contributed by atoms with E-state index in [0.717, 1.165) is 30.6 Å². The summed E-state index contributed by atoms with van der Waals surface area (Å²) in [7, 11) is 0. The van der Waals surface area contributed by atoms with Crippen LogP contribution in [-0.4, -0.2) is 27.4 Å². The largest absolute Gasteiger partial charge is 0.325 e. The Bertz CT molecular complexity index is 451. The summed E-state index contributed by atoms with van der Waals surface area (Å²) in [4.78, 5) is 30.5. The molecule has 1 N–H and O–H groups in total. The van der Waals surface area contributed by atoms with Gasteiger partial charge in [0.2, 0.25) is 0 Å². The van der Waals surface area contributed by atoms with E-state index in [1.54, 1.807) is 16.6 Å². The highest BCUT2D eigenvalue weighted by molar-refractivity contribution is 7.09. The molecule has 0 atom stereocenters. The molecule has 5 nitrogen and oxygen atoms in total. The topological polar surface area (TPSA) is 62.3 Å². The van der Waals surface area contributed by atoms with Crippen molar-refractivity contribution in [3.05, 3.63) is 16.6 Å². The minimum absolute atomic E-state index is 0.121. The lowest BCUT2D eigenvalue weighted by molar-refractivity contribution is -0.126. The number of aromatic nitrogens is 1. The first kappa shape index (κ1) is 10.7. The van der Waals surface area contributed by atoms with Crippen molar-refractivity contribution in [3.63, 3.8) is 0 Å². The van der Waals surface area contributed by atoms with Gasteiger partial charge in [0.05, 0.1) is 12.1 Å². The Kier molecular flexibility index (Phi) is 2.39. The maximum atomic E-state index is 12.0. The molecule has 90 valence electrons. The Morgan fingerprint density at radius 1 is 1.41 bits per heavy atom. The Morgan fingerprint density at radius 3 is 2.82 bits per heavy atom. The van der Waals surface area contributed by atoms with Crippen molar-refractivity contribution in [3.8, 4) is 0 Å². The smallest absolute Gasteiger partial charge is 0.305 e. The first-order valence-corrected chi connectivity index (χ1v) is 6.61. The van der Waals surface area contributed by atoms with E-state index < -0.39 is 5.54 Å². The number of nitrogens with zero attached hydrogens (tertiary/aromatic N) is 2. The molecule has 1 aliphatic carbocycles. The van der Waals surface area contributed by atoms with E-state index >= 15 is 0 Å². The van der Waals surface area contributed by atoms with Crippen molar-refractivity contribution < 1.29 is 9.59 Å². The van der Waals surface area contributed by atoms with Gasteiger partial charge in [-0.3, -0.25) is 15.1 Å². The zero-order valence-corrected chi connectivity index (χ0v) is 10.1. The summed E-state index contributed by atoms with van der Waals surface area (Å²) in [6, 6.07) is -0.259. The molecule has 3 amide bonds. The standard InChI is InChI=1S/C11H13N3O2S/c15-9-11(3-1-2-4-11)14(10(16)13-9)6-8-5-12-7-17-8/h5,7H,1-4,6H2,(H,13,15,16). The fraction of sp³-hybridized carbons (Fsp3) is 0.545. The SMILES string of the molecule is O=C1NC(=O)C2(CCCC2)N1Cc1cncs1. The van der Waals surface area contributed by atoms with Gasteiger partial charge in [0.15, 0.2) is 0 Å². The fourth-order valence-electron chi connectivity index (χ4n) is 2.75. The van der Waals surface area contributed by atoms with Crippen LogP contribution in [0.15, 0.2) is 11.7 Å². The molecule has 3 rings (SSSR count). The van der Waals surface area contributed by atoms with Crippen LogP contribution in [0.3, 0.4) is 0 Å². The van der Waals surface area contributed by atoms with Crippen molar-refractivity contribution >= 4 is 23.3 Å². The molecule has 0 bridgehead atoms. The molecule has 1 aromatic heterocycles. The van der Waals surface area contributed by atoms with Gasteiger partial charge in [-0.05, 0) is 12.8 Å². The van der Waals surface area contributed by atoms with E-state index in [1.807, 2.05) is 0 Å². The van der Waals surface area contributed by atoms with Crippen LogP contribution in [0.5, 0.6) is 0 Å². The number of nitrogens with one attached hydrogen (secondary N) is 1. The van der Waals surface area contributed by atoms with Crippen molar-refractivity contribution in [2.45, 2.75) is 37.8 Å². The third-order valence-corrected chi connectivity index (χ3v) is 4.40. The van der Waals surface area contributed by atoms with Crippen LogP contribution in [0, 0.1) is 0 Å². The summed E-state index contributed by atoms with van der Waals surface area (Å²) in [5.41, 5.74) is 1.16. The average molecular weight is 251 g/mol. The molecule has 1 aliphatic heterocycles. The predicted octanol–water partition coefficient (Wildman–Crippen LogP) is 1.51. The lowest BCUT2D eigenvalue weighted by atomic mass is 9.96. The van der Waals surface area contributed by atoms with E-state index in [4.69, 9.17) is 0 Å². The van der Waals surface area contributed by atoms with Crippen LogP contribution in [-0.2, 0) is 11.3 Å². The first-order valence-electron chi connectivity index (χ1n) is 5.73. The van der Waals surface area contributed by atoms with Crippen molar-refractivity contribution in [2.75, 3.05) is 0 Å². The number of urea groups is 1. The number of carbonyl (C=O) groups is 2. The normalized spacial score (nSPS) is 22.5. The number of thiazole rings is 1. The molecule has 1 spiro atoms. The minimum atomic E-state index is -0.582. The van der Waals surface area contributed by atoms with Crippen molar-refractivity contribution in [2.24, 2.45) is 0 Å². The number of rotatable bonds is 2. The lowest BCUT2D eigenvalue weighted by Gasteiger charge is -2.30. The Balaban J connectivity index is 1.90. The van der Waals surface area contributed by atoms with E-state index in [2.05, 4.69) is 10.3 Å². The highest BCUT2D eigenvalue weighted by atomic mass is 32.1. The number of hydrogen-bond acceptors (Lipinski definition) is 4. The number of amides is 3. The summed E-state index contributed by atoms with van der Waals surface area (Å²) in [5.74, 6) is -0.121. The van der Waals surface area contributed by atoms with Gasteiger partial charge in [0.25, 0.3) is 5.91 Å². The monoisotopic (exact) mass is 251 g/mol. The molecule has 6 heteroatoms. The van der Waals surface area contributed by atoms with Gasteiger partial charge in [-0.1, -0.05) is 12.8 Å². The second kappa shape index (κ2) is 3.80. The quantitative estimate of drug-likeness (QED) is 0.810. The zero-order valence-electron chi connectivity index (χ0n) is 9.31. The second-order valence-corrected chi connectivity index (χ2v) is 5.52. The summed E-state index contributed by atoms with van der Waals surface area (Å²) < 4.78 is 0. The molecule has 1 saturated heterocycles. The van der Waals surface area contributed by atoms with E-state index in [1.165, 1.54) is 11.3 Å². The average Bonchev–Trinajstić information content (AvgIpc) is 3.00. The van der Waals surface area contributed by atoms with Gasteiger partial charge in [0, 0.05) is 11.1 Å². The van der Waals surface area contributed by atoms with Gasteiger partial charge in [-0.15, -0.1) is 11.3 Å². The van der Waals surface area contributed by atoms with Crippen LogP contribution in [0.4, 0.5) is 4.79 Å². The van der Waals surface area contributed by atoms with Gasteiger partial charge >= 0.3 is 6.03 Å². The van der Waals surface area contributed by atoms with Gasteiger partial charge in [-0.2, -0.15) is 0 Å². The lowest BCUT2D eigenvalue weighted by Crippen LogP contribution is -2.46.